The quantitative estimate of drug-likeness (QED) is 0.674. The first-order chi connectivity index (χ1) is 8.02. The Kier molecular flexibility index (Phi) is 4.86. The molecule has 90 valence electrons. The molecular weight excluding hydrogens is 262 g/mol. The minimum atomic E-state index is -0.494. The summed E-state index contributed by atoms with van der Waals surface area (Å²) >= 11 is 10.5. The fourth-order valence-corrected chi connectivity index (χ4v) is 1.28. The van der Waals surface area contributed by atoms with Crippen LogP contribution in [0.4, 0.5) is 4.79 Å². The number of carbonyl (C=O) groups excluding carboxylic acids is 2. The van der Waals surface area contributed by atoms with Gasteiger partial charge < -0.3 is 5.32 Å². The van der Waals surface area contributed by atoms with E-state index in [4.69, 9.17) is 23.8 Å². The van der Waals surface area contributed by atoms with Gasteiger partial charge in [0.15, 0.2) is 5.11 Å². The summed E-state index contributed by atoms with van der Waals surface area (Å²) in [5, 5.41) is 7.40. The van der Waals surface area contributed by atoms with Crippen LogP contribution in [0.2, 0.25) is 5.02 Å². The molecule has 0 spiro atoms. The highest BCUT2D eigenvalue weighted by atomic mass is 35.5. The van der Waals surface area contributed by atoms with Crippen LogP contribution in [0.5, 0.6) is 0 Å². The van der Waals surface area contributed by atoms with Gasteiger partial charge in [-0.15, -0.1) is 0 Å². The van der Waals surface area contributed by atoms with Gasteiger partial charge in [0.2, 0.25) is 0 Å². The van der Waals surface area contributed by atoms with Crippen LogP contribution in [-0.2, 0) is 0 Å². The summed E-state index contributed by atoms with van der Waals surface area (Å²) in [6.45, 7) is 0. The van der Waals surface area contributed by atoms with Gasteiger partial charge in [-0.3, -0.25) is 15.4 Å². The Morgan fingerprint density at radius 2 is 1.76 bits per heavy atom. The van der Waals surface area contributed by atoms with Gasteiger partial charge >= 0.3 is 6.03 Å². The van der Waals surface area contributed by atoms with Crippen molar-refractivity contribution in [2.45, 2.75) is 0 Å². The van der Waals surface area contributed by atoms with Gasteiger partial charge in [-0.2, -0.15) is 0 Å². The Balaban J connectivity index is 2.57. The summed E-state index contributed by atoms with van der Waals surface area (Å²) in [6, 6.07) is 5.80. The molecule has 0 aliphatic heterocycles. The number of amides is 3. The number of halogens is 1. The van der Waals surface area contributed by atoms with Crippen molar-refractivity contribution in [1.29, 1.82) is 0 Å². The minimum absolute atomic E-state index is 0.0655. The fourth-order valence-electron chi connectivity index (χ4n) is 0.973. The first kappa shape index (κ1) is 13.4. The number of carbonyl (C=O) groups is 2. The number of hydrogen-bond donors (Lipinski definition) is 3. The van der Waals surface area contributed by atoms with Gasteiger partial charge in [0.1, 0.15) is 0 Å². The average molecular weight is 272 g/mol. The van der Waals surface area contributed by atoms with Crippen LogP contribution in [0, 0.1) is 0 Å². The van der Waals surface area contributed by atoms with E-state index in [9.17, 15) is 9.59 Å². The molecule has 0 unspecified atom stereocenters. The van der Waals surface area contributed by atoms with Crippen molar-refractivity contribution in [3.8, 4) is 0 Å². The van der Waals surface area contributed by atoms with E-state index in [-0.39, 0.29) is 5.11 Å². The van der Waals surface area contributed by atoms with E-state index in [0.717, 1.165) is 0 Å². The molecule has 0 saturated heterocycles. The molecule has 17 heavy (non-hydrogen) atoms. The standard InChI is InChI=1S/C10H10ClN3O2S/c1-12-9(16)14-10(17)13-8(15)6-2-4-7(11)5-3-6/h2-5H,1H3,(H3,12,13,14,15,16,17). The van der Waals surface area contributed by atoms with Crippen molar-refractivity contribution in [2.75, 3.05) is 7.05 Å². The summed E-state index contributed by atoms with van der Waals surface area (Å²) in [7, 11) is 1.44. The molecule has 0 aromatic heterocycles. The first-order valence-electron chi connectivity index (χ1n) is 4.62. The average Bonchev–Trinajstić information content (AvgIpc) is 2.29. The molecule has 0 radical (unpaired) electrons. The lowest BCUT2D eigenvalue weighted by atomic mass is 10.2. The summed E-state index contributed by atoms with van der Waals surface area (Å²) in [6.07, 6.45) is 0. The molecule has 1 aromatic rings. The Bertz CT molecular complexity index is 447. The van der Waals surface area contributed by atoms with Crippen LogP contribution < -0.4 is 16.0 Å². The van der Waals surface area contributed by atoms with Crippen molar-refractivity contribution in [3.63, 3.8) is 0 Å². The van der Waals surface area contributed by atoms with Crippen molar-refractivity contribution in [1.82, 2.24) is 16.0 Å². The summed E-state index contributed by atoms with van der Waals surface area (Å²) < 4.78 is 0. The fraction of sp³-hybridized carbons (Fsp3) is 0.100. The molecule has 0 atom stereocenters. The number of benzene rings is 1. The molecule has 0 aliphatic rings. The Morgan fingerprint density at radius 3 is 2.29 bits per heavy atom. The lowest BCUT2D eigenvalue weighted by molar-refractivity contribution is 0.0977. The zero-order valence-corrected chi connectivity index (χ0v) is 10.5. The third kappa shape index (κ3) is 4.38. The molecule has 0 saturated carbocycles. The molecule has 5 nitrogen and oxygen atoms in total. The van der Waals surface area contributed by atoms with Crippen LogP contribution in [0.3, 0.4) is 0 Å². The molecule has 7 heteroatoms. The summed E-state index contributed by atoms with van der Waals surface area (Å²) in [5.41, 5.74) is 0.399. The molecule has 3 amide bonds. The van der Waals surface area contributed by atoms with Gasteiger partial charge in [-0.25, -0.2) is 4.79 Å². The Labute approximate surface area is 109 Å². The number of hydrogen-bond acceptors (Lipinski definition) is 3. The topological polar surface area (TPSA) is 70.2 Å². The van der Waals surface area contributed by atoms with Gasteiger partial charge in [0.25, 0.3) is 5.91 Å². The monoisotopic (exact) mass is 271 g/mol. The van der Waals surface area contributed by atoms with Crippen molar-refractivity contribution < 1.29 is 9.59 Å². The number of urea groups is 1. The SMILES string of the molecule is CNC(=O)NC(=S)NC(=O)c1ccc(Cl)cc1. The number of thiocarbonyl (C=S) groups is 1. The molecule has 0 aliphatic carbocycles. The highest BCUT2D eigenvalue weighted by Gasteiger charge is 2.08. The molecule has 0 heterocycles. The second-order valence-corrected chi connectivity index (χ2v) is 3.84. The molecule has 1 rings (SSSR count). The van der Waals surface area contributed by atoms with Crippen molar-refractivity contribution in [2.24, 2.45) is 0 Å². The van der Waals surface area contributed by atoms with Crippen LogP contribution in [0.1, 0.15) is 10.4 Å². The van der Waals surface area contributed by atoms with E-state index in [1.807, 2.05) is 0 Å². The predicted octanol–water partition coefficient (Wildman–Crippen LogP) is 1.28. The highest BCUT2D eigenvalue weighted by Crippen LogP contribution is 2.09. The molecule has 1 aromatic carbocycles. The lowest BCUT2D eigenvalue weighted by Gasteiger charge is -2.07. The third-order valence-corrected chi connectivity index (χ3v) is 2.24. The maximum Gasteiger partial charge on any atom is 0.320 e. The van der Waals surface area contributed by atoms with Gasteiger partial charge in [0, 0.05) is 17.6 Å². The van der Waals surface area contributed by atoms with Gasteiger partial charge in [-0.05, 0) is 36.5 Å². The summed E-state index contributed by atoms with van der Waals surface area (Å²) in [4.78, 5) is 22.5. The maximum absolute atomic E-state index is 11.6. The second-order valence-electron chi connectivity index (χ2n) is 2.99. The van der Waals surface area contributed by atoms with Gasteiger partial charge in [-0.1, -0.05) is 11.6 Å². The Hall–Kier alpha value is -1.66. The van der Waals surface area contributed by atoms with Gasteiger partial charge in [0.05, 0.1) is 0 Å². The second kappa shape index (κ2) is 6.17. The van der Waals surface area contributed by atoms with Crippen LogP contribution in [-0.4, -0.2) is 24.1 Å². The van der Waals surface area contributed by atoms with Crippen molar-refractivity contribution >= 4 is 40.9 Å². The normalized spacial score (nSPS) is 9.29. The van der Waals surface area contributed by atoms with E-state index in [2.05, 4.69) is 16.0 Å². The zero-order chi connectivity index (χ0) is 12.8. The largest absolute Gasteiger partial charge is 0.341 e. The predicted molar refractivity (Wildman–Crippen MR) is 69.1 cm³/mol. The first-order valence-corrected chi connectivity index (χ1v) is 5.41. The van der Waals surface area contributed by atoms with E-state index in [0.29, 0.717) is 10.6 Å². The zero-order valence-electron chi connectivity index (χ0n) is 8.91. The number of rotatable bonds is 1. The molecule has 0 bridgehead atoms. The van der Waals surface area contributed by atoms with E-state index in [1.165, 1.54) is 7.05 Å². The van der Waals surface area contributed by atoms with E-state index >= 15 is 0 Å². The van der Waals surface area contributed by atoms with Crippen molar-refractivity contribution in [3.05, 3.63) is 34.9 Å². The van der Waals surface area contributed by atoms with Crippen LogP contribution >= 0.6 is 23.8 Å². The minimum Gasteiger partial charge on any atom is -0.341 e. The Morgan fingerprint density at radius 1 is 1.18 bits per heavy atom. The van der Waals surface area contributed by atoms with E-state index < -0.39 is 11.9 Å². The third-order valence-electron chi connectivity index (χ3n) is 1.79. The highest BCUT2D eigenvalue weighted by molar-refractivity contribution is 7.80. The molecule has 3 N–H and O–H groups in total. The molecule has 0 fully saturated rings. The van der Waals surface area contributed by atoms with Crippen LogP contribution in [0.15, 0.2) is 24.3 Å². The molecular formula is C10H10ClN3O2S. The maximum atomic E-state index is 11.6. The lowest BCUT2D eigenvalue weighted by Crippen LogP contribution is -2.45. The van der Waals surface area contributed by atoms with Crippen LogP contribution in [0.25, 0.3) is 0 Å². The number of nitrogens with one attached hydrogen (secondary N) is 3. The van der Waals surface area contributed by atoms with E-state index in [1.54, 1.807) is 24.3 Å². The smallest absolute Gasteiger partial charge is 0.320 e. The summed E-state index contributed by atoms with van der Waals surface area (Å²) in [5.74, 6) is -0.414.